The molecule has 1 heterocycles. The minimum atomic E-state index is -0.888. The molecule has 2 rings (SSSR count). The van der Waals surface area contributed by atoms with Gasteiger partial charge in [0, 0.05) is 4.88 Å². The monoisotopic (exact) mass is 381 g/mol. The zero-order valence-corrected chi connectivity index (χ0v) is 17.0. The van der Waals surface area contributed by atoms with Gasteiger partial charge in [-0.1, -0.05) is 13.0 Å². The minimum absolute atomic E-state index is 0.326. The van der Waals surface area contributed by atoms with Crippen LogP contribution in [0.3, 0.4) is 0 Å². The summed E-state index contributed by atoms with van der Waals surface area (Å²) in [4.78, 5) is 16.0. The van der Waals surface area contributed by atoms with Crippen molar-refractivity contribution < 1.29 is 23.7 Å². The number of hydrogen-bond donors (Lipinski definition) is 0. The second-order valence-corrected chi connectivity index (χ2v) is 7.03. The van der Waals surface area contributed by atoms with Crippen molar-refractivity contribution in [3.63, 3.8) is 0 Å². The van der Waals surface area contributed by atoms with Crippen LogP contribution in [-0.4, -0.2) is 52.9 Å². The first kappa shape index (κ1) is 20.3. The SMILES string of the molecule is CCCOC(=O)C1C=C(OC)C(OC)=C(OC)C1(c1cccs1)N(C)C. The summed E-state index contributed by atoms with van der Waals surface area (Å²) in [5.41, 5.74) is -0.888. The highest BCUT2D eigenvalue weighted by Gasteiger charge is 2.56. The van der Waals surface area contributed by atoms with Gasteiger partial charge in [0.1, 0.15) is 11.5 Å². The van der Waals surface area contributed by atoms with Gasteiger partial charge >= 0.3 is 5.97 Å². The van der Waals surface area contributed by atoms with Crippen molar-refractivity contribution in [2.24, 2.45) is 5.92 Å². The topological polar surface area (TPSA) is 57.2 Å². The Labute approximate surface area is 159 Å². The molecule has 2 unspecified atom stereocenters. The lowest BCUT2D eigenvalue weighted by Gasteiger charge is -2.46. The summed E-state index contributed by atoms with van der Waals surface area (Å²) < 4.78 is 22.4. The van der Waals surface area contributed by atoms with Crippen LogP contribution in [0.2, 0.25) is 0 Å². The number of thiophene rings is 1. The summed E-state index contributed by atoms with van der Waals surface area (Å²) >= 11 is 1.55. The van der Waals surface area contributed by atoms with Crippen molar-refractivity contribution in [3.05, 3.63) is 45.7 Å². The highest BCUT2D eigenvalue weighted by molar-refractivity contribution is 7.10. The molecule has 0 N–H and O–H groups in total. The molecule has 0 radical (unpaired) electrons. The molecule has 0 amide bonds. The fourth-order valence-electron chi connectivity index (χ4n) is 3.37. The van der Waals surface area contributed by atoms with Crippen molar-refractivity contribution in [1.82, 2.24) is 4.90 Å². The number of ether oxygens (including phenoxy) is 4. The number of esters is 1. The average Bonchev–Trinajstić information content (AvgIpc) is 3.18. The zero-order chi connectivity index (χ0) is 19.3. The standard InChI is InChI=1S/C19H27NO5S/c1-7-10-25-18(21)13-12-14(22-4)16(23-5)17(24-6)19(13,20(2)3)15-9-8-11-26-15/h8-9,11-13H,7,10H2,1-6H3. The number of nitrogens with zero attached hydrogens (tertiary/aromatic N) is 1. The van der Waals surface area contributed by atoms with Crippen LogP contribution in [0, 0.1) is 5.92 Å². The molecule has 7 heteroatoms. The highest BCUT2D eigenvalue weighted by Crippen LogP contribution is 2.50. The van der Waals surface area contributed by atoms with E-state index >= 15 is 0 Å². The van der Waals surface area contributed by atoms with E-state index in [1.165, 1.54) is 0 Å². The predicted octanol–water partition coefficient (Wildman–Crippen LogP) is 3.12. The second kappa shape index (κ2) is 8.60. The van der Waals surface area contributed by atoms with Crippen LogP contribution in [0.5, 0.6) is 0 Å². The van der Waals surface area contributed by atoms with Crippen LogP contribution in [0.1, 0.15) is 18.2 Å². The molecule has 0 fully saturated rings. The van der Waals surface area contributed by atoms with Crippen LogP contribution in [0.4, 0.5) is 0 Å². The number of methoxy groups -OCH3 is 3. The highest BCUT2D eigenvalue weighted by atomic mass is 32.1. The molecule has 1 aliphatic carbocycles. The van der Waals surface area contributed by atoms with Crippen molar-refractivity contribution in [1.29, 1.82) is 0 Å². The molecule has 1 aromatic heterocycles. The Balaban J connectivity index is 2.76. The van der Waals surface area contributed by atoms with Crippen LogP contribution < -0.4 is 0 Å². The Morgan fingerprint density at radius 1 is 1.23 bits per heavy atom. The Morgan fingerprint density at radius 3 is 2.42 bits per heavy atom. The summed E-state index contributed by atoms with van der Waals surface area (Å²) in [7, 11) is 8.51. The average molecular weight is 381 g/mol. The molecule has 1 aromatic rings. The van der Waals surface area contributed by atoms with Gasteiger partial charge in [0.05, 0.1) is 27.9 Å². The molecule has 0 saturated carbocycles. The first-order valence-electron chi connectivity index (χ1n) is 8.45. The van der Waals surface area contributed by atoms with Gasteiger partial charge in [-0.05, 0) is 38.0 Å². The Bertz CT molecular complexity index is 680. The van der Waals surface area contributed by atoms with Gasteiger partial charge in [-0.15, -0.1) is 11.3 Å². The molecule has 2 atom stereocenters. The summed E-state index contributed by atoms with van der Waals surface area (Å²) in [5.74, 6) is 0.471. The molecule has 1 aliphatic rings. The second-order valence-electron chi connectivity index (χ2n) is 6.08. The van der Waals surface area contributed by atoms with Gasteiger partial charge in [0.25, 0.3) is 0 Å². The van der Waals surface area contributed by atoms with E-state index in [0.717, 1.165) is 11.3 Å². The summed E-state index contributed by atoms with van der Waals surface area (Å²) in [6, 6.07) is 3.94. The van der Waals surface area contributed by atoms with Gasteiger partial charge in [0.15, 0.2) is 11.5 Å². The van der Waals surface area contributed by atoms with E-state index < -0.39 is 11.5 Å². The smallest absolute Gasteiger partial charge is 0.315 e. The Kier molecular flexibility index (Phi) is 6.72. The van der Waals surface area contributed by atoms with Crippen molar-refractivity contribution in [2.75, 3.05) is 42.0 Å². The predicted molar refractivity (Wildman–Crippen MR) is 101 cm³/mol. The Hall–Kier alpha value is -1.99. The van der Waals surface area contributed by atoms with E-state index in [2.05, 4.69) is 0 Å². The van der Waals surface area contributed by atoms with E-state index in [0.29, 0.717) is 23.9 Å². The largest absolute Gasteiger partial charge is 0.495 e. The lowest BCUT2D eigenvalue weighted by molar-refractivity contribution is -0.152. The molecule has 0 aromatic carbocycles. The van der Waals surface area contributed by atoms with Crippen LogP contribution in [-0.2, 0) is 29.3 Å². The molecule has 144 valence electrons. The zero-order valence-electron chi connectivity index (χ0n) is 16.2. The van der Waals surface area contributed by atoms with E-state index in [-0.39, 0.29) is 5.97 Å². The third-order valence-corrected chi connectivity index (χ3v) is 5.47. The molecule has 0 aliphatic heterocycles. The van der Waals surface area contributed by atoms with E-state index in [9.17, 15) is 4.79 Å². The van der Waals surface area contributed by atoms with Crippen LogP contribution >= 0.6 is 11.3 Å². The fourth-order valence-corrected chi connectivity index (χ4v) is 4.41. The lowest BCUT2D eigenvalue weighted by atomic mass is 9.75. The normalized spacial score (nSPS) is 22.9. The summed E-state index contributed by atoms with van der Waals surface area (Å²) in [6.45, 7) is 2.33. The Morgan fingerprint density at radius 2 is 1.96 bits per heavy atom. The third kappa shape index (κ3) is 3.21. The maximum Gasteiger partial charge on any atom is 0.315 e. The first-order valence-corrected chi connectivity index (χ1v) is 9.33. The molecule has 6 nitrogen and oxygen atoms in total. The van der Waals surface area contributed by atoms with Gasteiger partial charge in [-0.3, -0.25) is 9.69 Å². The van der Waals surface area contributed by atoms with Crippen molar-refractivity contribution in [2.45, 2.75) is 18.9 Å². The van der Waals surface area contributed by atoms with Crippen LogP contribution in [0.25, 0.3) is 0 Å². The quantitative estimate of drug-likeness (QED) is 0.645. The molecule has 0 bridgehead atoms. The summed E-state index contributed by atoms with van der Waals surface area (Å²) in [5, 5.41) is 1.98. The minimum Gasteiger partial charge on any atom is -0.495 e. The van der Waals surface area contributed by atoms with E-state index in [1.807, 2.05) is 43.4 Å². The van der Waals surface area contributed by atoms with Gasteiger partial charge in [-0.25, -0.2) is 0 Å². The van der Waals surface area contributed by atoms with E-state index in [1.54, 1.807) is 38.7 Å². The number of carbonyl (C=O) groups is 1. The van der Waals surface area contributed by atoms with Crippen molar-refractivity contribution >= 4 is 17.3 Å². The number of rotatable bonds is 8. The van der Waals surface area contributed by atoms with Gasteiger partial charge in [0.2, 0.25) is 5.76 Å². The van der Waals surface area contributed by atoms with Crippen LogP contribution in [0.15, 0.2) is 40.9 Å². The lowest BCUT2D eigenvalue weighted by Crippen LogP contribution is -2.53. The number of hydrogen-bond acceptors (Lipinski definition) is 7. The molecule has 0 saturated heterocycles. The van der Waals surface area contributed by atoms with Gasteiger partial charge < -0.3 is 18.9 Å². The molecular weight excluding hydrogens is 354 g/mol. The maximum absolute atomic E-state index is 13.0. The summed E-state index contributed by atoms with van der Waals surface area (Å²) in [6.07, 6.45) is 2.52. The molecule has 26 heavy (non-hydrogen) atoms. The molecule has 0 spiro atoms. The van der Waals surface area contributed by atoms with E-state index in [4.69, 9.17) is 18.9 Å². The third-order valence-electron chi connectivity index (χ3n) is 4.48. The maximum atomic E-state index is 13.0. The first-order chi connectivity index (χ1) is 12.5. The number of carbonyl (C=O) groups excluding carboxylic acids is 1. The van der Waals surface area contributed by atoms with Gasteiger partial charge in [-0.2, -0.15) is 0 Å². The van der Waals surface area contributed by atoms with Crippen molar-refractivity contribution in [3.8, 4) is 0 Å². The molecular formula is C19H27NO5S. The number of likely N-dealkylation sites (N-methyl/N-ethyl adjacent to an activating group) is 1. The fraction of sp³-hybridized carbons (Fsp3) is 0.526.